The number of para-hydroxylation sites is 1. The molecule has 192 valence electrons. The Hall–Kier alpha value is -2.06. The highest BCUT2D eigenvalue weighted by molar-refractivity contribution is 14.1. The number of carbonyl (C=O) groups excluding carboxylic acids is 1. The summed E-state index contributed by atoms with van der Waals surface area (Å²) >= 11 is 1.77. The van der Waals surface area contributed by atoms with E-state index < -0.39 is 59.7 Å². The van der Waals surface area contributed by atoms with Gasteiger partial charge in [-0.25, -0.2) is 14.3 Å². The van der Waals surface area contributed by atoms with Gasteiger partial charge in [0, 0.05) is 11.8 Å². The molecule has 35 heavy (non-hydrogen) atoms. The van der Waals surface area contributed by atoms with Crippen LogP contribution in [0.5, 0.6) is 5.75 Å². The predicted molar refractivity (Wildman–Crippen MR) is 133 cm³/mol. The summed E-state index contributed by atoms with van der Waals surface area (Å²) in [6, 6.07) is 7.27. The molecule has 11 nitrogen and oxygen atoms in total. The van der Waals surface area contributed by atoms with Gasteiger partial charge in [0.1, 0.15) is 11.8 Å². The van der Waals surface area contributed by atoms with E-state index in [1.165, 1.54) is 20.0 Å². The van der Waals surface area contributed by atoms with E-state index in [2.05, 4.69) is 10.1 Å². The van der Waals surface area contributed by atoms with Crippen LogP contribution < -0.4 is 20.9 Å². The Morgan fingerprint density at radius 3 is 2.69 bits per heavy atom. The summed E-state index contributed by atoms with van der Waals surface area (Å²) in [6.45, 7) is 4.72. The number of benzene rings is 1. The van der Waals surface area contributed by atoms with Gasteiger partial charge in [-0.15, -0.1) is 0 Å². The van der Waals surface area contributed by atoms with E-state index in [1.54, 1.807) is 59.8 Å². The average molecular weight is 625 g/mol. The zero-order valence-corrected chi connectivity index (χ0v) is 22.2. The van der Waals surface area contributed by atoms with Crippen LogP contribution in [0.15, 0.2) is 46.1 Å². The summed E-state index contributed by atoms with van der Waals surface area (Å²) in [5.41, 5.74) is -1.22. The lowest BCUT2D eigenvalue weighted by Crippen LogP contribution is -2.36. The van der Waals surface area contributed by atoms with E-state index >= 15 is 4.39 Å². The predicted octanol–water partition coefficient (Wildman–Crippen LogP) is 2.63. The van der Waals surface area contributed by atoms with Gasteiger partial charge in [-0.3, -0.25) is 23.7 Å². The van der Waals surface area contributed by atoms with Crippen molar-refractivity contribution >= 4 is 36.1 Å². The van der Waals surface area contributed by atoms with Gasteiger partial charge in [0.05, 0.1) is 10.5 Å². The Labute approximate surface area is 213 Å². The second kappa shape index (κ2) is 11.8. The molecule has 0 spiro atoms. The molecule has 2 heterocycles. The molecule has 1 aliphatic rings. The number of nitrogens with zero attached hydrogens (tertiary/aromatic N) is 1. The molecule has 1 aliphatic heterocycles. The number of hydrogen-bond donors (Lipinski definition) is 2. The molecule has 1 fully saturated rings. The van der Waals surface area contributed by atoms with Crippen molar-refractivity contribution in [2.24, 2.45) is 0 Å². The SMILES string of the molecule is CCOC(=O)[C@H](C)NP(=O)(CO[C@H]1O[C@@H](n2cc(C)c(=O)[nH]c2=O)[C@@H](F)[C@@H]1I)Oc1ccccc1. The summed E-state index contributed by atoms with van der Waals surface area (Å²) in [6.07, 6.45) is -3.62. The third-order valence-corrected chi connectivity index (χ3v) is 8.02. The second-order valence-electron chi connectivity index (χ2n) is 7.74. The summed E-state index contributed by atoms with van der Waals surface area (Å²) in [4.78, 5) is 38.0. The van der Waals surface area contributed by atoms with Gasteiger partial charge in [0.2, 0.25) is 0 Å². The van der Waals surface area contributed by atoms with Crippen molar-refractivity contribution in [1.29, 1.82) is 0 Å². The molecule has 2 N–H and O–H groups in total. The minimum absolute atomic E-state index is 0.139. The molecular formula is C21H26FIN3O8P. The first-order chi connectivity index (χ1) is 16.5. The zero-order chi connectivity index (χ0) is 25.8. The number of aromatic nitrogens is 2. The van der Waals surface area contributed by atoms with Gasteiger partial charge in [-0.1, -0.05) is 40.8 Å². The highest BCUT2D eigenvalue weighted by Crippen LogP contribution is 2.46. The average Bonchev–Trinajstić information content (AvgIpc) is 3.09. The largest absolute Gasteiger partial charge is 0.465 e. The van der Waals surface area contributed by atoms with E-state index in [9.17, 15) is 18.9 Å². The second-order valence-corrected chi connectivity index (χ2v) is 11.2. The van der Waals surface area contributed by atoms with E-state index in [1.807, 2.05) is 0 Å². The van der Waals surface area contributed by atoms with Crippen molar-refractivity contribution in [3.05, 3.63) is 62.9 Å². The monoisotopic (exact) mass is 625 g/mol. The standard InChI is InChI=1S/C21H26FIN3O8P/c1-4-31-19(28)13(3)25-35(30,34-14-8-6-5-7-9-14)11-32-20-16(23)15(22)18(33-20)26-10-12(2)17(27)24-21(26)29/h5-10,13,15-16,18,20H,4,11H2,1-3H3,(H,25,30)(H,24,27,29)/t13-,15-,16-,18+,20-,35?/m0/s1. The molecule has 1 aromatic heterocycles. The highest BCUT2D eigenvalue weighted by Gasteiger charge is 2.47. The molecule has 3 rings (SSSR count). The van der Waals surface area contributed by atoms with Gasteiger partial charge in [0.25, 0.3) is 5.56 Å². The maximum atomic E-state index is 15.1. The summed E-state index contributed by atoms with van der Waals surface area (Å²) in [5, 5.41) is 2.63. The van der Waals surface area contributed by atoms with Gasteiger partial charge in [-0.2, -0.15) is 0 Å². The van der Waals surface area contributed by atoms with Gasteiger partial charge >= 0.3 is 19.2 Å². The maximum Gasteiger partial charge on any atom is 0.342 e. The summed E-state index contributed by atoms with van der Waals surface area (Å²) in [5.74, 6) is -0.372. The Kier molecular flexibility index (Phi) is 9.27. The number of esters is 1. The number of ether oxygens (including phenoxy) is 3. The maximum absolute atomic E-state index is 15.1. The van der Waals surface area contributed by atoms with Crippen LogP contribution in [0, 0.1) is 6.92 Å². The molecule has 14 heteroatoms. The third kappa shape index (κ3) is 6.79. The van der Waals surface area contributed by atoms with Crippen LogP contribution in [0.2, 0.25) is 0 Å². The van der Waals surface area contributed by atoms with Crippen LogP contribution >= 0.6 is 30.1 Å². The molecule has 0 aliphatic carbocycles. The number of halogens is 2. The topological polar surface area (TPSA) is 138 Å². The fraction of sp³-hybridized carbons (Fsp3) is 0.476. The normalized spacial score (nSPS) is 24.5. The Morgan fingerprint density at radius 2 is 2.03 bits per heavy atom. The molecule has 2 aromatic rings. The van der Waals surface area contributed by atoms with E-state index in [-0.39, 0.29) is 17.9 Å². The quantitative estimate of drug-likeness (QED) is 0.177. The van der Waals surface area contributed by atoms with Crippen LogP contribution in [-0.4, -0.2) is 50.9 Å². The number of aryl methyl sites for hydroxylation is 1. The van der Waals surface area contributed by atoms with Crippen molar-refractivity contribution in [2.75, 3.05) is 13.0 Å². The zero-order valence-electron chi connectivity index (χ0n) is 19.2. The molecule has 0 amide bonds. The minimum atomic E-state index is -3.88. The van der Waals surface area contributed by atoms with Crippen LogP contribution in [0.1, 0.15) is 25.6 Å². The number of carbonyl (C=O) groups is 1. The number of rotatable bonds is 10. The van der Waals surface area contributed by atoms with Crippen LogP contribution in [0.3, 0.4) is 0 Å². The molecular weight excluding hydrogens is 599 g/mol. The van der Waals surface area contributed by atoms with Crippen molar-refractivity contribution in [3.63, 3.8) is 0 Å². The number of alkyl halides is 2. The highest BCUT2D eigenvalue weighted by atomic mass is 127. The molecule has 1 aromatic carbocycles. The fourth-order valence-electron chi connectivity index (χ4n) is 3.25. The van der Waals surface area contributed by atoms with Gasteiger partial charge in [0.15, 0.2) is 25.0 Å². The first kappa shape index (κ1) is 27.5. The summed E-state index contributed by atoms with van der Waals surface area (Å²) < 4.78 is 50.6. The molecule has 0 radical (unpaired) electrons. The number of aromatic amines is 1. The number of H-pyrrole nitrogens is 1. The third-order valence-electron chi connectivity index (χ3n) is 4.97. The van der Waals surface area contributed by atoms with Gasteiger partial charge < -0.3 is 18.7 Å². The van der Waals surface area contributed by atoms with E-state index in [0.717, 1.165) is 4.57 Å². The molecule has 1 unspecified atom stereocenters. The number of nitrogens with one attached hydrogen (secondary N) is 2. The molecule has 0 bridgehead atoms. The first-order valence-corrected chi connectivity index (χ1v) is 13.8. The lowest BCUT2D eigenvalue weighted by Gasteiger charge is -2.25. The smallest absolute Gasteiger partial charge is 0.342 e. The van der Waals surface area contributed by atoms with Crippen LogP contribution in [-0.2, 0) is 23.6 Å². The Bertz CT molecular complexity index is 1190. The van der Waals surface area contributed by atoms with Crippen molar-refractivity contribution in [1.82, 2.24) is 14.6 Å². The number of hydrogen-bond acceptors (Lipinski definition) is 8. The fourth-order valence-corrected chi connectivity index (χ4v) is 5.66. The van der Waals surface area contributed by atoms with Crippen molar-refractivity contribution in [3.8, 4) is 5.75 Å². The van der Waals surface area contributed by atoms with Crippen molar-refractivity contribution < 1.29 is 32.5 Å². The van der Waals surface area contributed by atoms with Gasteiger partial charge in [-0.05, 0) is 32.9 Å². The first-order valence-electron chi connectivity index (χ1n) is 10.7. The summed E-state index contributed by atoms with van der Waals surface area (Å²) in [7, 11) is -3.88. The lowest BCUT2D eigenvalue weighted by molar-refractivity contribution is -0.145. The van der Waals surface area contributed by atoms with E-state index in [4.69, 9.17) is 18.7 Å². The van der Waals surface area contributed by atoms with Crippen molar-refractivity contribution in [2.45, 2.75) is 49.4 Å². The molecule has 6 atom stereocenters. The minimum Gasteiger partial charge on any atom is -0.465 e. The van der Waals surface area contributed by atoms with Crippen LogP contribution in [0.4, 0.5) is 4.39 Å². The Balaban J connectivity index is 1.77. The van der Waals surface area contributed by atoms with Crippen LogP contribution in [0.25, 0.3) is 0 Å². The molecule has 1 saturated heterocycles. The van der Waals surface area contributed by atoms with E-state index in [0.29, 0.717) is 0 Å². The lowest BCUT2D eigenvalue weighted by atomic mass is 10.3. The Morgan fingerprint density at radius 1 is 1.34 bits per heavy atom. The molecule has 0 saturated carbocycles.